The summed E-state index contributed by atoms with van der Waals surface area (Å²) < 4.78 is 4.03. The summed E-state index contributed by atoms with van der Waals surface area (Å²) >= 11 is 0. The Kier molecular flexibility index (Phi) is 4.09. The summed E-state index contributed by atoms with van der Waals surface area (Å²) in [6, 6.07) is 10.1. The maximum absolute atomic E-state index is 13.1. The minimum Gasteiger partial charge on any atom is -0.335 e. The van der Waals surface area contributed by atoms with Crippen LogP contribution in [0.5, 0.6) is 0 Å². The standard InChI is InChI=1S/C19H21N5O/c1-15-21-9-11-23(15)17-8-5-10-22(13-17)19(25)18-12-20-14-24(18)16-6-3-2-4-7-16/h2-4,6-7,9,11-12,14,17H,5,8,10,13H2,1H3/t17-/m0/s1. The molecular formula is C19H21N5O. The number of rotatable bonds is 3. The van der Waals surface area contributed by atoms with E-state index in [1.54, 1.807) is 12.5 Å². The Hall–Kier alpha value is -2.89. The van der Waals surface area contributed by atoms with Crippen LogP contribution in [0, 0.1) is 6.92 Å². The molecule has 3 heterocycles. The van der Waals surface area contributed by atoms with Gasteiger partial charge in [-0.25, -0.2) is 9.97 Å². The van der Waals surface area contributed by atoms with Crippen molar-refractivity contribution >= 4 is 5.91 Å². The van der Waals surface area contributed by atoms with Crippen LogP contribution in [0.25, 0.3) is 5.69 Å². The molecule has 6 heteroatoms. The largest absolute Gasteiger partial charge is 0.335 e. The number of aromatic nitrogens is 4. The molecule has 2 aromatic heterocycles. The molecule has 1 aliphatic heterocycles. The number of amides is 1. The quantitative estimate of drug-likeness (QED) is 0.739. The van der Waals surface area contributed by atoms with Gasteiger partial charge in [0.05, 0.1) is 18.6 Å². The summed E-state index contributed by atoms with van der Waals surface area (Å²) in [6.45, 7) is 3.49. The molecule has 1 fully saturated rings. The van der Waals surface area contributed by atoms with Gasteiger partial charge in [0.1, 0.15) is 11.5 Å². The van der Waals surface area contributed by atoms with Gasteiger partial charge in [-0.1, -0.05) is 18.2 Å². The fraction of sp³-hybridized carbons (Fsp3) is 0.316. The third kappa shape index (κ3) is 2.95. The van der Waals surface area contributed by atoms with Crippen molar-refractivity contribution in [3.8, 4) is 5.69 Å². The third-order valence-corrected chi connectivity index (χ3v) is 4.83. The Labute approximate surface area is 146 Å². The van der Waals surface area contributed by atoms with Gasteiger partial charge in [-0.15, -0.1) is 0 Å². The number of likely N-dealkylation sites (tertiary alicyclic amines) is 1. The second-order valence-corrected chi connectivity index (χ2v) is 6.41. The van der Waals surface area contributed by atoms with E-state index in [4.69, 9.17) is 0 Å². The van der Waals surface area contributed by atoms with E-state index >= 15 is 0 Å². The van der Waals surface area contributed by atoms with Crippen LogP contribution >= 0.6 is 0 Å². The average Bonchev–Trinajstić information content (AvgIpc) is 3.31. The van der Waals surface area contributed by atoms with Crippen molar-refractivity contribution in [2.24, 2.45) is 0 Å². The van der Waals surface area contributed by atoms with Gasteiger partial charge in [-0.2, -0.15) is 0 Å². The van der Waals surface area contributed by atoms with Gasteiger partial charge >= 0.3 is 0 Å². The second kappa shape index (κ2) is 6.55. The van der Waals surface area contributed by atoms with E-state index in [0.717, 1.165) is 30.9 Å². The van der Waals surface area contributed by atoms with Gasteiger partial charge < -0.3 is 9.47 Å². The lowest BCUT2D eigenvalue weighted by Crippen LogP contribution is -2.41. The highest BCUT2D eigenvalue weighted by Gasteiger charge is 2.27. The van der Waals surface area contributed by atoms with Crippen molar-refractivity contribution in [2.45, 2.75) is 25.8 Å². The van der Waals surface area contributed by atoms with Crippen LogP contribution in [0.3, 0.4) is 0 Å². The lowest BCUT2D eigenvalue weighted by molar-refractivity contribution is 0.0670. The first-order valence-electron chi connectivity index (χ1n) is 8.60. The van der Waals surface area contributed by atoms with Crippen LogP contribution < -0.4 is 0 Å². The predicted molar refractivity (Wildman–Crippen MR) is 94.7 cm³/mol. The smallest absolute Gasteiger partial charge is 0.272 e. The van der Waals surface area contributed by atoms with E-state index in [9.17, 15) is 4.79 Å². The molecule has 3 aromatic rings. The highest BCUT2D eigenvalue weighted by atomic mass is 16.2. The minimum absolute atomic E-state index is 0.0313. The van der Waals surface area contributed by atoms with Gasteiger partial charge in [0.15, 0.2) is 0 Å². The van der Waals surface area contributed by atoms with Gasteiger partial charge in [0, 0.05) is 31.2 Å². The molecule has 1 saturated heterocycles. The summed E-state index contributed by atoms with van der Waals surface area (Å²) in [5, 5.41) is 0. The first-order valence-corrected chi connectivity index (χ1v) is 8.60. The number of nitrogens with zero attached hydrogens (tertiary/aromatic N) is 5. The van der Waals surface area contributed by atoms with Crippen molar-refractivity contribution in [1.82, 2.24) is 24.0 Å². The van der Waals surface area contributed by atoms with Gasteiger partial charge in [0.25, 0.3) is 5.91 Å². The molecule has 25 heavy (non-hydrogen) atoms. The Morgan fingerprint density at radius 1 is 1.24 bits per heavy atom. The van der Waals surface area contributed by atoms with Crippen LogP contribution in [0.4, 0.5) is 0 Å². The lowest BCUT2D eigenvalue weighted by atomic mass is 10.0. The van der Waals surface area contributed by atoms with Crippen molar-refractivity contribution < 1.29 is 4.79 Å². The van der Waals surface area contributed by atoms with Gasteiger partial charge in [-0.3, -0.25) is 9.36 Å². The molecule has 0 saturated carbocycles. The van der Waals surface area contributed by atoms with Crippen LogP contribution in [0.2, 0.25) is 0 Å². The van der Waals surface area contributed by atoms with E-state index in [0.29, 0.717) is 12.2 Å². The zero-order valence-corrected chi connectivity index (χ0v) is 14.2. The van der Waals surface area contributed by atoms with E-state index in [-0.39, 0.29) is 11.9 Å². The number of para-hydroxylation sites is 1. The summed E-state index contributed by atoms with van der Waals surface area (Å²) in [5.41, 5.74) is 1.55. The van der Waals surface area contributed by atoms with E-state index in [1.165, 1.54) is 0 Å². The number of imidazole rings is 2. The Morgan fingerprint density at radius 2 is 2.08 bits per heavy atom. The molecule has 0 aliphatic carbocycles. The Balaban J connectivity index is 1.58. The Morgan fingerprint density at radius 3 is 2.84 bits per heavy atom. The topological polar surface area (TPSA) is 56.0 Å². The molecule has 1 aliphatic rings. The highest BCUT2D eigenvalue weighted by molar-refractivity contribution is 5.93. The number of carbonyl (C=O) groups excluding carboxylic acids is 1. The number of benzene rings is 1. The van der Waals surface area contributed by atoms with Crippen molar-refractivity contribution in [1.29, 1.82) is 0 Å². The Bertz CT molecular complexity index is 867. The fourth-order valence-electron chi connectivity index (χ4n) is 3.55. The summed E-state index contributed by atoms with van der Waals surface area (Å²) in [4.78, 5) is 23.5. The third-order valence-electron chi connectivity index (χ3n) is 4.83. The van der Waals surface area contributed by atoms with Crippen molar-refractivity contribution in [2.75, 3.05) is 13.1 Å². The molecule has 1 amide bonds. The number of aryl methyl sites for hydroxylation is 1. The number of hydrogen-bond donors (Lipinski definition) is 0. The number of hydrogen-bond acceptors (Lipinski definition) is 3. The maximum Gasteiger partial charge on any atom is 0.272 e. The first kappa shape index (κ1) is 15.6. The van der Waals surface area contributed by atoms with Crippen molar-refractivity contribution in [3.63, 3.8) is 0 Å². The van der Waals surface area contributed by atoms with Crippen LogP contribution in [0.15, 0.2) is 55.2 Å². The first-order chi connectivity index (χ1) is 12.2. The lowest BCUT2D eigenvalue weighted by Gasteiger charge is -2.34. The van der Waals surface area contributed by atoms with Crippen molar-refractivity contribution in [3.05, 3.63) is 66.8 Å². The summed E-state index contributed by atoms with van der Waals surface area (Å²) in [6.07, 6.45) is 9.24. The summed E-state index contributed by atoms with van der Waals surface area (Å²) in [7, 11) is 0. The molecule has 0 unspecified atom stereocenters. The summed E-state index contributed by atoms with van der Waals surface area (Å²) in [5.74, 6) is 1.03. The van der Waals surface area contributed by atoms with E-state index < -0.39 is 0 Å². The van der Waals surface area contributed by atoms with E-state index in [2.05, 4.69) is 14.5 Å². The molecule has 1 atom stereocenters. The molecule has 6 nitrogen and oxygen atoms in total. The molecule has 128 valence electrons. The van der Waals surface area contributed by atoms with E-state index in [1.807, 2.05) is 59.1 Å². The SMILES string of the molecule is Cc1nccn1[C@H]1CCCN(C(=O)c2cncn2-c2ccccc2)C1. The molecular weight excluding hydrogens is 314 g/mol. The molecule has 0 spiro atoms. The maximum atomic E-state index is 13.1. The molecule has 0 N–H and O–H groups in total. The monoisotopic (exact) mass is 335 g/mol. The molecule has 4 rings (SSSR count). The predicted octanol–water partition coefficient (Wildman–Crippen LogP) is 2.85. The normalized spacial score (nSPS) is 17.6. The molecule has 0 bridgehead atoms. The van der Waals surface area contributed by atoms with Gasteiger partial charge in [0.2, 0.25) is 0 Å². The molecule has 1 aromatic carbocycles. The number of carbonyl (C=O) groups is 1. The van der Waals surface area contributed by atoms with Gasteiger partial charge in [-0.05, 0) is 31.9 Å². The zero-order valence-electron chi connectivity index (χ0n) is 14.2. The highest BCUT2D eigenvalue weighted by Crippen LogP contribution is 2.24. The van der Waals surface area contributed by atoms with Crippen LogP contribution in [-0.4, -0.2) is 43.0 Å². The second-order valence-electron chi connectivity index (χ2n) is 6.41. The molecule has 0 radical (unpaired) electrons. The number of piperidine rings is 1. The van der Waals surface area contributed by atoms with Crippen LogP contribution in [0.1, 0.15) is 35.2 Å². The fourth-order valence-corrected chi connectivity index (χ4v) is 3.55. The zero-order chi connectivity index (χ0) is 17.2. The minimum atomic E-state index is 0.0313. The van der Waals surface area contributed by atoms with Crippen LogP contribution in [-0.2, 0) is 0 Å². The average molecular weight is 335 g/mol.